The van der Waals surface area contributed by atoms with Gasteiger partial charge in [-0.15, -0.1) is 0 Å². The zero-order valence-electron chi connectivity index (χ0n) is 38.0. The molecule has 0 spiro atoms. The number of aromatic nitrogens is 6. The van der Waals surface area contributed by atoms with Gasteiger partial charge < -0.3 is 24.9 Å². The molecule has 2 aliphatic rings. The van der Waals surface area contributed by atoms with Crippen molar-refractivity contribution in [2.24, 2.45) is 11.8 Å². The van der Waals surface area contributed by atoms with E-state index in [1.807, 2.05) is 85.2 Å². The number of oxazole rings is 1. The number of halogens is 2. The summed E-state index contributed by atoms with van der Waals surface area (Å²) in [6.45, 7) is 13.0. The van der Waals surface area contributed by atoms with Crippen LogP contribution >= 0.6 is 23.2 Å². The summed E-state index contributed by atoms with van der Waals surface area (Å²) in [5.74, 6) is 2.44. The largest absolute Gasteiger partial charge is 0.424 e. The number of benzene rings is 3. The molecule has 2 aliphatic heterocycles. The average molecular weight is 928 g/mol. The maximum Gasteiger partial charge on any atom is 0.295 e. The number of aryl methyl sites for hydroxylation is 1. The second kappa shape index (κ2) is 22.6. The van der Waals surface area contributed by atoms with Gasteiger partial charge in [0.15, 0.2) is 17.2 Å². The number of anilines is 2. The number of hydrogen-bond acceptors (Lipinski definition) is 11. The summed E-state index contributed by atoms with van der Waals surface area (Å²) in [6.07, 6.45) is 12.4. The fraction of sp³-hybridized carbons (Fsp3) is 0.333. The summed E-state index contributed by atoms with van der Waals surface area (Å²) in [4.78, 5) is 57.7. The van der Waals surface area contributed by atoms with Crippen molar-refractivity contribution in [3.05, 3.63) is 143 Å². The van der Waals surface area contributed by atoms with E-state index in [0.717, 1.165) is 53.7 Å². The van der Waals surface area contributed by atoms with Crippen molar-refractivity contribution >= 4 is 57.9 Å². The number of pyridine rings is 1. The minimum Gasteiger partial charge on any atom is -0.424 e. The molecule has 0 radical (unpaired) electrons. The summed E-state index contributed by atoms with van der Waals surface area (Å²) in [6, 6.07) is 26.5. The van der Waals surface area contributed by atoms with Crippen molar-refractivity contribution in [1.29, 1.82) is 0 Å². The van der Waals surface area contributed by atoms with E-state index in [9.17, 15) is 9.59 Å². The van der Waals surface area contributed by atoms with Gasteiger partial charge in [-0.3, -0.25) is 9.59 Å². The Morgan fingerprint density at radius 1 is 0.667 bits per heavy atom. The second-order valence-corrected chi connectivity index (χ2v) is 17.2. The molecule has 0 saturated carbocycles. The number of fused-ring (bicyclic) bond motifs is 1. The van der Waals surface area contributed by atoms with Gasteiger partial charge in [-0.25, -0.2) is 24.9 Å². The van der Waals surface area contributed by atoms with Gasteiger partial charge in [-0.2, -0.15) is 4.98 Å². The van der Waals surface area contributed by atoms with E-state index in [-0.39, 0.29) is 23.9 Å². The summed E-state index contributed by atoms with van der Waals surface area (Å²) in [5, 5.41) is 7.78. The van der Waals surface area contributed by atoms with Gasteiger partial charge in [0.25, 0.3) is 17.8 Å². The Balaban J connectivity index is 0.000000190. The first-order valence-electron chi connectivity index (χ1n) is 22.6. The molecule has 4 atom stereocenters. The Bertz CT molecular complexity index is 2650. The van der Waals surface area contributed by atoms with E-state index in [1.54, 1.807) is 61.3 Å². The van der Waals surface area contributed by atoms with Crippen LogP contribution in [0.15, 0.2) is 120 Å². The number of piperidine rings is 2. The Labute approximate surface area is 396 Å². The highest BCUT2D eigenvalue weighted by atomic mass is 35.5. The van der Waals surface area contributed by atoms with Gasteiger partial charge in [0.05, 0.1) is 28.2 Å². The molecule has 0 aliphatic carbocycles. The number of nitrogens with zero attached hydrogens (tertiary/aromatic N) is 8. The van der Waals surface area contributed by atoms with Crippen LogP contribution in [0.25, 0.3) is 33.9 Å². The van der Waals surface area contributed by atoms with Gasteiger partial charge >= 0.3 is 0 Å². The molecule has 3 aromatic carbocycles. The van der Waals surface area contributed by atoms with E-state index in [1.165, 1.54) is 0 Å². The van der Waals surface area contributed by atoms with E-state index < -0.39 is 0 Å². The van der Waals surface area contributed by atoms with E-state index in [0.29, 0.717) is 82.4 Å². The third kappa shape index (κ3) is 11.5. The van der Waals surface area contributed by atoms with E-state index in [2.05, 4.69) is 54.4 Å². The van der Waals surface area contributed by atoms with Crippen LogP contribution in [0.5, 0.6) is 0 Å². The van der Waals surface area contributed by atoms with E-state index in [4.69, 9.17) is 27.6 Å². The summed E-state index contributed by atoms with van der Waals surface area (Å²) < 4.78 is 5.83. The minimum absolute atomic E-state index is 0.0112. The predicted molar refractivity (Wildman–Crippen MR) is 263 cm³/mol. The molecule has 2 amide bonds. The Kier molecular flexibility index (Phi) is 16.3. The molecule has 2 fully saturated rings. The number of rotatable bonds is 10. The summed E-state index contributed by atoms with van der Waals surface area (Å²) in [7, 11) is 0. The SMILES string of the molecule is CC.C[C@@H]1CCCN(C(=O)c2cc(Cl)ccc2-c2ncccn2)[C@@H]1CNc1ccc(Cl)cn1.Cc1ccc(-c2ncccn2)c(C(=O)N2CCC[C@@H](C)[C@H]2CNc2nc3ccccc3o2)c1. The lowest BCUT2D eigenvalue weighted by atomic mass is 9.89. The number of carbonyl (C=O) groups excluding carboxylic acids is 2. The zero-order valence-corrected chi connectivity index (χ0v) is 39.5. The molecule has 342 valence electrons. The van der Waals surface area contributed by atoms with Crippen LogP contribution in [-0.2, 0) is 0 Å². The quantitative estimate of drug-likeness (QED) is 0.135. The first kappa shape index (κ1) is 47.5. The minimum atomic E-state index is -0.0626. The maximum atomic E-state index is 13.9. The van der Waals surface area contributed by atoms with Crippen molar-refractivity contribution in [1.82, 2.24) is 39.7 Å². The fourth-order valence-electron chi connectivity index (χ4n) is 8.56. The van der Waals surface area contributed by atoms with Crippen LogP contribution in [0.2, 0.25) is 10.0 Å². The average Bonchev–Trinajstić information content (AvgIpc) is 3.78. The lowest BCUT2D eigenvalue weighted by Crippen LogP contribution is -2.51. The van der Waals surface area contributed by atoms with Crippen molar-refractivity contribution < 1.29 is 14.0 Å². The number of amides is 2. The number of carbonyl (C=O) groups is 2. The molecule has 6 heterocycles. The first-order chi connectivity index (χ1) is 32.1. The molecule has 2 N–H and O–H groups in total. The first-order valence-corrected chi connectivity index (χ1v) is 23.4. The highest BCUT2D eigenvalue weighted by Crippen LogP contribution is 2.32. The van der Waals surface area contributed by atoms with Crippen LogP contribution in [-0.4, -0.2) is 89.8 Å². The van der Waals surface area contributed by atoms with Gasteiger partial charge in [-0.05, 0) is 105 Å². The molecule has 15 heteroatoms. The molecule has 2 saturated heterocycles. The lowest BCUT2D eigenvalue weighted by Gasteiger charge is -2.40. The van der Waals surface area contributed by atoms with Crippen LogP contribution in [0.1, 0.15) is 79.7 Å². The predicted octanol–water partition coefficient (Wildman–Crippen LogP) is 11.2. The maximum absolute atomic E-state index is 13.9. The number of para-hydroxylation sites is 2. The smallest absolute Gasteiger partial charge is 0.295 e. The molecule has 66 heavy (non-hydrogen) atoms. The van der Waals surface area contributed by atoms with Gasteiger partial charge in [0.2, 0.25) is 0 Å². The van der Waals surface area contributed by atoms with Crippen LogP contribution in [0, 0.1) is 18.8 Å². The molecule has 7 aromatic rings. The molecular weight excluding hydrogens is 872 g/mol. The monoisotopic (exact) mass is 926 g/mol. The van der Waals surface area contributed by atoms with Crippen LogP contribution in [0.4, 0.5) is 11.8 Å². The van der Waals surface area contributed by atoms with Crippen LogP contribution in [0.3, 0.4) is 0 Å². The fourth-order valence-corrected chi connectivity index (χ4v) is 8.84. The Hall–Kier alpha value is -6.44. The standard InChI is InChI=1S/C26H27N5O2.C23H23Cl2N5O.C2H6/c1-17-10-11-19(24-27-12-6-13-28-24)20(15-17)25(32)31-14-5-7-18(2)22(31)16-29-26-30-21-8-3-4-9-23(21)33-26;1-15-4-2-11-30(20(15)14-29-21-8-6-17(25)13-28-21)23(31)19-12-16(24)5-7-18(19)22-26-9-3-10-27-22;1-2/h3-4,6,8-13,15,18,22H,5,7,14,16H2,1-2H3,(H,29,30);3,5-10,12-13,15,20H,2,4,11,14H2,1H3,(H,28,29);1-2H3/t18-,22-;15-,20-;/m11./s1. The van der Waals surface area contributed by atoms with Crippen LogP contribution < -0.4 is 10.6 Å². The highest BCUT2D eigenvalue weighted by Gasteiger charge is 2.35. The van der Waals surface area contributed by atoms with Crippen molar-refractivity contribution in [3.8, 4) is 22.8 Å². The zero-order chi connectivity index (χ0) is 46.6. The van der Waals surface area contributed by atoms with Gasteiger partial charge in [-0.1, -0.05) is 80.7 Å². The number of nitrogens with one attached hydrogen (secondary N) is 2. The van der Waals surface area contributed by atoms with Gasteiger partial charge in [0, 0.05) is 73.3 Å². The third-order valence-corrected chi connectivity index (χ3v) is 12.4. The molecule has 0 unspecified atom stereocenters. The van der Waals surface area contributed by atoms with Crippen molar-refractivity contribution in [3.63, 3.8) is 0 Å². The van der Waals surface area contributed by atoms with Crippen molar-refractivity contribution in [2.45, 2.75) is 72.4 Å². The second-order valence-electron chi connectivity index (χ2n) is 16.4. The number of hydrogen-bond donors (Lipinski definition) is 2. The topological polar surface area (TPSA) is 155 Å². The third-order valence-electron chi connectivity index (χ3n) is 12.0. The van der Waals surface area contributed by atoms with Crippen molar-refractivity contribution in [2.75, 3.05) is 36.8 Å². The number of likely N-dealkylation sites (tertiary alicyclic amines) is 2. The lowest BCUT2D eigenvalue weighted by molar-refractivity contribution is 0.0534. The molecule has 0 bridgehead atoms. The Morgan fingerprint density at radius 3 is 1.79 bits per heavy atom. The molecular formula is C51H56Cl2N10O3. The molecule has 9 rings (SSSR count). The summed E-state index contributed by atoms with van der Waals surface area (Å²) in [5.41, 5.74) is 5.19. The molecule has 4 aromatic heterocycles. The normalized spacial score (nSPS) is 18.0. The highest BCUT2D eigenvalue weighted by molar-refractivity contribution is 6.31. The van der Waals surface area contributed by atoms with Gasteiger partial charge in [0.1, 0.15) is 11.3 Å². The molecule has 13 nitrogen and oxygen atoms in total. The summed E-state index contributed by atoms with van der Waals surface area (Å²) >= 11 is 12.2. The Morgan fingerprint density at radius 2 is 1.21 bits per heavy atom. The van der Waals surface area contributed by atoms with E-state index >= 15 is 0 Å².